The lowest BCUT2D eigenvalue weighted by Gasteiger charge is -2.17. The quantitative estimate of drug-likeness (QED) is 0.480. The van der Waals surface area contributed by atoms with Crippen molar-refractivity contribution in [3.63, 3.8) is 0 Å². The van der Waals surface area contributed by atoms with Gasteiger partial charge < -0.3 is 16.0 Å². The van der Waals surface area contributed by atoms with Crippen LogP contribution in [0, 0.1) is 6.92 Å². The second-order valence-corrected chi connectivity index (χ2v) is 8.32. The highest BCUT2D eigenvalue weighted by molar-refractivity contribution is 9.10. The molecule has 25 heavy (non-hydrogen) atoms. The third-order valence-electron chi connectivity index (χ3n) is 4.40. The fourth-order valence-corrected chi connectivity index (χ4v) is 4.07. The number of anilines is 1. The zero-order valence-electron chi connectivity index (χ0n) is 15.1. The van der Waals surface area contributed by atoms with Crippen LogP contribution in [0.3, 0.4) is 0 Å². The highest BCUT2D eigenvalue weighted by Crippen LogP contribution is 2.28. The number of thioether (sulfide) groups is 1. The van der Waals surface area contributed by atoms with Gasteiger partial charge in [-0.05, 0) is 50.1 Å². The zero-order valence-corrected chi connectivity index (χ0v) is 17.5. The molecule has 2 unspecified atom stereocenters. The van der Waals surface area contributed by atoms with Crippen molar-refractivity contribution in [2.75, 3.05) is 25.2 Å². The maximum Gasteiger partial charge on any atom is 0.226 e. The van der Waals surface area contributed by atoms with Crippen molar-refractivity contribution in [2.24, 2.45) is 4.99 Å². The minimum atomic E-state index is -0.00698. The standard InChI is InChI=1S/C18H27BrN4OS/c1-12-4-5-13(19)10-16(12)23-17(24)8-9-21-18(20-2)22-14-6-7-15(11-14)25-3/h4-5,10,14-15H,6-9,11H2,1-3H3,(H,23,24)(H2,20,21,22). The molecule has 1 amide bonds. The smallest absolute Gasteiger partial charge is 0.226 e. The van der Waals surface area contributed by atoms with E-state index in [4.69, 9.17) is 0 Å². The van der Waals surface area contributed by atoms with E-state index in [1.54, 1.807) is 7.05 Å². The van der Waals surface area contributed by atoms with Crippen LogP contribution in [-0.2, 0) is 4.79 Å². The van der Waals surface area contributed by atoms with E-state index in [2.05, 4.69) is 43.1 Å². The number of nitrogens with zero attached hydrogens (tertiary/aromatic N) is 1. The number of halogens is 1. The van der Waals surface area contributed by atoms with Crippen molar-refractivity contribution in [3.8, 4) is 0 Å². The molecule has 1 saturated carbocycles. The Morgan fingerprint density at radius 3 is 2.88 bits per heavy atom. The van der Waals surface area contributed by atoms with Crippen molar-refractivity contribution >= 4 is 45.2 Å². The average Bonchev–Trinajstić information content (AvgIpc) is 3.05. The van der Waals surface area contributed by atoms with E-state index in [-0.39, 0.29) is 5.91 Å². The van der Waals surface area contributed by atoms with E-state index in [9.17, 15) is 4.79 Å². The van der Waals surface area contributed by atoms with Gasteiger partial charge in [0.2, 0.25) is 5.91 Å². The van der Waals surface area contributed by atoms with Crippen molar-refractivity contribution < 1.29 is 4.79 Å². The molecular weight excluding hydrogens is 400 g/mol. The van der Waals surface area contributed by atoms with Crippen LogP contribution >= 0.6 is 27.7 Å². The lowest BCUT2D eigenvalue weighted by molar-refractivity contribution is -0.116. The molecule has 1 aromatic rings. The van der Waals surface area contributed by atoms with Gasteiger partial charge in [-0.15, -0.1) is 0 Å². The third-order valence-corrected chi connectivity index (χ3v) is 5.99. The Balaban J connectivity index is 1.73. The summed E-state index contributed by atoms with van der Waals surface area (Å²) in [5.74, 6) is 0.769. The second kappa shape index (κ2) is 10.1. The van der Waals surface area contributed by atoms with Crippen LogP contribution in [0.2, 0.25) is 0 Å². The molecule has 2 rings (SSSR count). The monoisotopic (exact) mass is 426 g/mol. The second-order valence-electron chi connectivity index (χ2n) is 6.27. The summed E-state index contributed by atoms with van der Waals surface area (Å²) >= 11 is 5.37. The molecule has 3 N–H and O–H groups in total. The molecule has 0 aliphatic heterocycles. The van der Waals surface area contributed by atoms with Crippen LogP contribution in [0.4, 0.5) is 5.69 Å². The number of aryl methyl sites for hydroxylation is 1. The Bertz CT molecular complexity index is 623. The highest BCUT2D eigenvalue weighted by atomic mass is 79.9. The first-order valence-corrected chi connectivity index (χ1v) is 10.7. The Kier molecular flexibility index (Phi) is 8.09. The molecule has 0 radical (unpaired) electrons. The number of carbonyl (C=O) groups is 1. The number of aliphatic imine (C=N–C) groups is 1. The van der Waals surface area contributed by atoms with Crippen LogP contribution in [0.1, 0.15) is 31.2 Å². The molecule has 1 aromatic carbocycles. The van der Waals surface area contributed by atoms with Crippen LogP contribution in [-0.4, -0.2) is 43.0 Å². The van der Waals surface area contributed by atoms with Crippen LogP contribution < -0.4 is 16.0 Å². The number of rotatable bonds is 6. The van der Waals surface area contributed by atoms with Gasteiger partial charge in [0.1, 0.15) is 0 Å². The Morgan fingerprint density at radius 1 is 1.40 bits per heavy atom. The first-order valence-electron chi connectivity index (χ1n) is 8.57. The number of hydrogen-bond donors (Lipinski definition) is 3. The molecule has 1 aliphatic carbocycles. The van der Waals surface area contributed by atoms with E-state index in [0.717, 1.165) is 26.9 Å². The van der Waals surface area contributed by atoms with Gasteiger partial charge in [0.05, 0.1) is 0 Å². The van der Waals surface area contributed by atoms with Gasteiger partial charge in [-0.1, -0.05) is 22.0 Å². The van der Waals surface area contributed by atoms with Crippen LogP contribution in [0.5, 0.6) is 0 Å². The van der Waals surface area contributed by atoms with E-state index >= 15 is 0 Å². The highest BCUT2D eigenvalue weighted by Gasteiger charge is 2.24. The minimum absolute atomic E-state index is 0.00698. The largest absolute Gasteiger partial charge is 0.356 e. The van der Waals surface area contributed by atoms with Gasteiger partial charge in [0.25, 0.3) is 0 Å². The number of guanidine groups is 1. The molecule has 2 atom stereocenters. The molecular formula is C18H27BrN4OS. The summed E-state index contributed by atoms with van der Waals surface area (Å²) in [6.45, 7) is 2.53. The summed E-state index contributed by atoms with van der Waals surface area (Å²) in [6, 6.07) is 6.34. The fraction of sp³-hybridized carbons (Fsp3) is 0.556. The predicted molar refractivity (Wildman–Crippen MR) is 112 cm³/mol. The van der Waals surface area contributed by atoms with Crippen LogP contribution in [0.15, 0.2) is 27.7 Å². The Morgan fingerprint density at radius 2 is 2.20 bits per heavy atom. The van der Waals surface area contributed by atoms with Gasteiger partial charge in [-0.2, -0.15) is 11.8 Å². The molecule has 0 spiro atoms. The van der Waals surface area contributed by atoms with Crippen LogP contribution in [0.25, 0.3) is 0 Å². The molecule has 0 heterocycles. The topological polar surface area (TPSA) is 65.5 Å². The summed E-state index contributed by atoms with van der Waals surface area (Å²) < 4.78 is 0.955. The van der Waals surface area contributed by atoms with Gasteiger partial charge >= 0.3 is 0 Å². The van der Waals surface area contributed by atoms with E-state index in [1.165, 1.54) is 19.3 Å². The first-order chi connectivity index (χ1) is 12.0. The fourth-order valence-electron chi connectivity index (χ4n) is 2.91. The average molecular weight is 427 g/mol. The molecule has 1 aliphatic rings. The molecule has 0 bridgehead atoms. The number of hydrogen-bond acceptors (Lipinski definition) is 3. The summed E-state index contributed by atoms with van der Waals surface area (Å²) in [5, 5.41) is 10.4. The molecule has 5 nitrogen and oxygen atoms in total. The van der Waals surface area contributed by atoms with E-state index in [0.29, 0.717) is 19.0 Å². The normalized spacial score (nSPS) is 20.4. The summed E-state index contributed by atoms with van der Waals surface area (Å²) in [6.07, 6.45) is 6.17. The maximum absolute atomic E-state index is 12.1. The maximum atomic E-state index is 12.1. The van der Waals surface area contributed by atoms with Gasteiger partial charge in [-0.3, -0.25) is 9.79 Å². The summed E-state index contributed by atoms with van der Waals surface area (Å²) in [7, 11) is 1.77. The number of benzene rings is 1. The van der Waals surface area contributed by atoms with Crippen molar-refractivity contribution in [3.05, 3.63) is 28.2 Å². The van der Waals surface area contributed by atoms with Gasteiger partial charge in [0, 0.05) is 41.5 Å². The number of amides is 1. The SMILES string of the molecule is CN=C(NCCC(=O)Nc1cc(Br)ccc1C)NC1CCC(SC)C1. The molecule has 1 fully saturated rings. The lowest BCUT2D eigenvalue weighted by Crippen LogP contribution is -2.43. The zero-order chi connectivity index (χ0) is 18.2. The van der Waals surface area contributed by atoms with Crippen molar-refractivity contribution in [1.82, 2.24) is 10.6 Å². The molecule has 138 valence electrons. The minimum Gasteiger partial charge on any atom is -0.356 e. The molecule has 7 heteroatoms. The predicted octanol–water partition coefficient (Wildman–Crippen LogP) is 3.54. The van der Waals surface area contributed by atoms with E-state index in [1.807, 2.05) is 36.9 Å². The number of carbonyl (C=O) groups excluding carboxylic acids is 1. The van der Waals surface area contributed by atoms with Gasteiger partial charge in [0.15, 0.2) is 5.96 Å². The third kappa shape index (κ3) is 6.55. The first kappa shape index (κ1) is 20.1. The molecule has 0 saturated heterocycles. The summed E-state index contributed by atoms with van der Waals surface area (Å²) in [5.41, 5.74) is 1.89. The summed E-state index contributed by atoms with van der Waals surface area (Å²) in [4.78, 5) is 16.4. The van der Waals surface area contributed by atoms with E-state index < -0.39 is 0 Å². The van der Waals surface area contributed by atoms with Crippen molar-refractivity contribution in [1.29, 1.82) is 0 Å². The molecule has 0 aromatic heterocycles. The van der Waals surface area contributed by atoms with Crippen molar-refractivity contribution in [2.45, 2.75) is 43.9 Å². The Labute approximate surface area is 163 Å². The Hall–Kier alpha value is -1.21. The lowest BCUT2D eigenvalue weighted by atomic mass is 10.2. The number of nitrogens with one attached hydrogen (secondary N) is 3. The van der Waals surface area contributed by atoms with Gasteiger partial charge in [-0.25, -0.2) is 0 Å².